The Balaban J connectivity index is 1.60. The molecule has 4 rings (SSSR count). The molecule has 0 amide bonds. The number of benzene rings is 2. The van der Waals surface area contributed by atoms with E-state index < -0.39 is 5.97 Å². The summed E-state index contributed by atoms with van der Waals surface area (Å²) in [6.07, 6.45) is 0. The Morgan fingerprint density at radius 3 is 2.53 bits per heavy atom. The number of fused-ring (bicyclic) bond motifs is 1. The Bertz CT molecular complexity index is 1100. The average molecular weight is 441 g/mol. The number of anilines is 2. The topological polar surface area (TPSA) is 68.8 Å². The summed E-state index contributed by atoms with van der Waals surface area (Å²) in [6, 6.07) is 15.3. The van der Waals surface area contributed by atoms with E-state index in [1.54, 1.807) is 0 Å². The molecule has 30 heavy (non-hydrogen) atoms. The van der Waals surface area contributed by atoms with E-state index in [2.05, 4.69) is 10.6 Å². The number of rotatable bonds is 4. The average Bonchev–Trinajstić information content (AvgIpc) is 3.09. The van der Waals surface area contributed by atoms with Gasteiger partial charge in [0.15, 0.2) is 16.6 Å². The zero-order valence-electron chi connectivity index (χ0n) is 16.5. The number of carbonyl (C=O) groups excluding carboxylic acids is 1. The van der Waals surface area contributed by atoms with Gasteiger partial charge in [-0.15, -0.1) is 11.3 Å². The van der Waals surface area contributed by atoms with Gasteiger partial charge in [-0.25, -0.2) is 4.79 Å². The third-order valence-corrected chi connectivity index (χ3v) is 5.79. The molecule has 0 aliphatic carbocycles. The standard InChI is InChI=1S/C22H20N2O4S2/c1-13-18(14-6-4-3-5-7-14)19(21(25)26-2)20(30-13)24-22(29)23-15-8-9-16-17(12-15)28-11-10-27-16/h3-9,12H,10-11H2,1-2H3,(H2,23,24,29). The zero-order chi connectivity index (χ0) is 21.1. The lowest BCUT2D eigenvalue weighted by Gasteiger charge is -2.19. The summed E-state index contributed by atoms with van der Waals surface area (Å²) in [5.74, 6) is 0.963. The number of esters is 1. The molecule has 0 unspecified atom stereocenters. The molecular formula is C22H20N2O4S2. The maximum atomic E-state index is 12.6. The smallest absolute Gasteiger partial charge is 0.341 e. The molecule has 1 aliphatic heterocycles. The van der Waals surface area contributed by atoms with Crippen molar-refractivity contribution < 1.29 is 19.0 Å². The maximum Gasteiger partial charge on any atom is 0.341 e. The molecule has 2 heterocycles. The minimum Gasteiger partial charge on any atom is -0.486 e. The summed E-state index contributed by atoms with van der Waals surface area (Å²) in [7, 11) is 1.37. The third-order valence-electron chi connectivity index (χ3n) is 4.56. The molecule has 0 bridgehead atoms. The van der Waals surface area contributed by atoms with E-state index in [-0.39, 0.29) is 0 Å². The summed E-state index contributed by atoms with van der Waals surface area (Å²) < 4.78 is 16.2. The highest BCUT2D eigenvalue weighted by Gasteiger charge is 2.24. The van der Waals surface area contributed by atoms with Crippen molar-refractivity contribution in [1.29, 1.82) is 0 Å². The van der Waals surface area contributed by atoms with Crippen LogP contribution in [-0.4, -0.2) is 31.4 Å². The van der Waals surface area contributed by atoms with Crippen LogP contribution < -0.4 is 20.1 Å². The van der Waals surface area contributed by atoms with E-state index in [4.69, 9.17) is 26.4 Å². The van der Waals surface area contributed by atoms with Crippen LogP contribution >= 0.6 is 23.6 Å². The van der Waals surface area contributed by atoms with Crippen LogP contribution in [0, 0.1) is 6.92 Å². The van der Waals surface area contributed by atoms with Gasteiger partial charge >= 0.3 is 5.97 Å². The largest absolute Gasteiger partial charge is 0.486 e. The second-order valence-electron chi connectivity index (χ2n) is 6.53. The van der Waals surface area contributed by atoms with Crippen LogP contribution in [0.5, 0.6) is 11.5 Å². The predicted octanol–water partition coefficient (Wildman–Crippen LogP) is 5.09. The molecule has 0 saturated heterocycles. The van der Waals surface area contributed by atoms with Crippen molar-refractivity contribution in [3.8, 4) is 22.6 Å². The molecule has 3 aromatic rings. The number of nitrogens with one attached hydrogen (secondary N) is 2. The maximum absolute atomic E-state index is 12.6. The molecule has 154 valence electrons. The number of thiophene rings is 1. The lowest BCUT2D eigenvalue weighted by atomic mass is 10.0. The first-order valence-corrected chi connectivity index (χ1v) is 10.5. The van der Waals surface area contributed by atoms with Crippen molar-refractivity contribution in [2.24, 2.45) is 0 Å². The quantitative estimate of drug-likeness (QED) is 0.433. The van der Waals surface area contributed by atoms with Crippen LogP contribution in [0.3, 0.4) is 0 Å². The van der Waals surface area contributed by atoms with Crippen LogP contribution in [0.15, 0.2) is 48.5 Å². The number of ether oxygens (including phenoxy) is 3. The highest BCUT2D eigenvalue weighted by atomic mass is 32.1. The van der Waals surface area contributed by atoms with Crippen molar-refractivity contribution in [3.63, 3.8) is 0 Å². The molecule has 1 aromatic heterocycles. The van der Waals surface area contributed by atoms with Gasteiger partial charge in [0.2, 0.25) is 0 Å². The minimum absolute atomic E-state index is 0.359. The van der Waals surface area contributed by atoms with E-state index in [1.807, 2.05) is 55.5 Å². The molecule has 0 spiro atoms. The van der Waals surface area contributed by atoms with E-state index in [0.717, 1.165) is 21.7 Å². The van der Waals surface area contributed by atoms with Crippen LogP contribution in [0.2, 0.25) is 0 Å². The molecule has 0 saturated carbocycles. The molecule has 0 fully saturated rings. The first kappa shape index (κ1) is 20.2. The number of carbonyl (C=O) groups is 1. The fourth-order valence-electron chi connectivity index (χ4n) is 3.27. The monoisotopic (exact) mass is 440 g/mol. The Morgan fingerprint density at radius 2 is 1.80 bits per heavy atom. The number of thiocarbonyl (C=S) groups is 1. The molecule has 2 aromatic carbocycles. The van der Waals surface area contributed by atoms with Gasteiger partial charge in [-0.3, -0.25) is 0 Å². The van der Waals surface area contributed by atoms with Gasteiger partial charge in [0.05, 0.1) is 7.11 Å². The Morgan fingerprint density at radius 1 is 1.07 bits per heavy atom. The number of aryl methyl sites for hydroxylation is 1. The van der Waals surface area contributed by atoms with Crippen molar-refractivity contribution >= 4 is 45.3 Å². The molecule has 2 N–H and O–H groups in total. The summed E-state index contributed by atoms with van der Waals surface area (Å²) in [5.41, 5.74) is 3.02. The van der Waals surface area contributed by atoms with Crippen molar-refractivity contribution in [3.05, 3.63) is 59.0 Å². The van der Waals surface area contributed by atoms with Gasteiger partial charge < -0.3 is 24.8 Å². The second kappa shape index (κ2) is 8.73. The molecule has 0 atom stereocenters. The number of methoxy groups -OCH3 is 1. The lowest BCUT2D eigenvalue weighted by Crippen LogP contribution is -2.20. The van der Waals surface area contributed by atoms with Gasteiger partial charge in [0, 0.05) is 22.2 Å². The van der Waals surface area contributed by atoms with Crippen molar-refractivity contribution in [2.75, 3.05) is 31.0 Å². The summed E-state index contributed by atoms with van der Waals surface area (Å²) in [4.78, 5) is 13.6. The molecule has 0 radical (unpaired) electrons. The number of hydrogen-bond donors (Lipinski definition) is 2. The number of hydrogen-bond acceptors (Lipinski definition) is 6. The van der Waals surface area contributed by atoms with Gasteiger partial charge in [-0.2, -0.15) is 0 Å². The van der Waals surface area contributed by atoms with E-state index in [1.165, 1.54) is 18.4 Å². The third kappa shape index (κ3) is 4.10. The van der Waals surface area contributed by atoms with Gasteiger partial charge in [-0.05, 0) is 36.8 Å². The normalized spacial score (nSPS) is 12.2. The van der Waals surface area contributed by atoms with Gasteiger partial charge in [0.1, 0.15) is 23.8 Å². The fraction of sp³-hybridized carbons (Fsp3) is 0.182. The second-order valence-corrected chi connectivity index (χ2v) is 8.17. The van der Waals surface area contributed by atoms with Gasteiger partial charge in [0.25, 0.3) is 0 Å². The van der Waals surface area contributed by atoms with E-state index in [9.17, 15) is 4.79 Å². The highest BCUT2D eigenvalue weighted by molar-refractivity contribution is 7.80. The Kier molecular flexibility index (Phi) is 5.87. The van der Waals surface area contributed by atoms with Crippen molar-refractivity contribution in [1.82, 2.24) is 0 Å². The van der Waals surface area contributed by atoms with Crippen LogP contribution in [0.4, 0.5) is 10.7 Å². The first-order valence-electron chi connectivity index (χ1n) is 9.31. The van der Waals surface area contributed by atoms with Crippen LogP contribution in [-0.2, 0) is 4.74 Å². The van der Waals surface area contributed by atoms with E-state index in [0.29, 0.717) is 40.4 Å². The lowest BCUT2D eigenvalue weighted by molar-refractivity contribution is 0.0603. The molecular weight excluding hydrogens is 420 g/mol. The minimum atomic E-state index is -0.414. The highest BCUT2D eigenvalue weighted by Crippen LogP contribution is 2.40. The van der Waals surface area contributed by atoms with Gasteiger partial charge in [-0.1, -0.05) is 30.3 Å². The summed E-state index contributed by atoms with van der Waals surface area (Å²) in [5, 5.41) is 7.28. The molecule has 6 nitrogen and oxygen atoms in total. The SMILES string of the molecule is COC(=O)c1c(NC(=S)Nc2ccc3c(c2)OCCO3)sc(C)c1-c1ccccc1. The van der Waals surface area contributed by atoms with Crippen molar-refractivity contribution in [2.45, 2.75) is 6.92 Å². The fourth-order valence-corrected chi connectivity index (χ4v) is 4.62. The Hall–Kier alpha value is -3.10. The molecule has 8 heteroatoms. The predicted molar refractivity (Wildman–Crippen MR) is 123 cm³/mol. The first-order chi connectivity index (χ1) is 14.6. The zero-order valence-corrected chi connectivity index (χ0v) is 18.1. The van der Waals surface area contributed by atoms with Crippen LogP contribution in [0.25, 0.3) is 11.1 Å². The Labute approximate surface area is 183 Å². The van der Waals surface area contributed by atoms with E-state index >= 15 is 0 Å². The molecule has 1 aliphatic rings. The summed E-state index contributed by atoms with van der Waals surface area (Å²) >= 11 is 6.94. The summed E-state index contributed by atoms with van der Waals surface area (Å²) in [6.45, 7) is 3.03. The van der Waals surface area contributed by atoms with Crippen LogP contribution in [0.1, 0.15) is 15.2 Å².